The van der Waals surface area contributed by atoms with E-state index in [1.165, 1.54) is 25.1 Å². The van der Waals surface area contributed by atoms with E-state index < -0.39 is 48.5 Å². The van der Waals surface area contributed by atoms with E-state index in [-0.39, 0.29) is 28.1 Å². The zero-order valence-corrected chi connectivity index (χ0v) is 19.8. The van der Waals surface area contributed by atoms with Gasteiger partial charge in [0, 0.05) is 11.4 Å². The number of allylic oxidation sites excluding steroid dienone is 5. The molecule has 10 nitrogen and oxygen atoms in total. The number of carbonyl (C=O) groups excluding carboxylic acids is 2. The number of rotatable bonds is 7. The van der Waals surface area contributed by atoms with Crippen LogP contribution >= 0.6 is 0 Å². The van der Waals surface area contributed by atoms with Crippen molar-refractivity contribution in [2.24, 2.45) is 5.73 Å². The molecule has 2 rings (SSSR count). The molecule has 1 aromatic rings. The summed E-state index contributed by atoms with van der Waals surface area (Å²) in [5.41, 5.74) is 3.59. The highest BCUT2D eigenvalue weighted by Crippen LogP contribution is 2.38. The molecule has 0 saturated carbocycles. The van der Waals surface area contributed by atoms with E-state index in [4.69, 9.17) is 21.1 Å². The Labute approximate surface area is 210 Å². The third-order valence-electron chi connectivity index (χ3n) is 5.45. The Kier molecular flexibility index (Phi) is 9.00. The Morgan fingerprint density at radius 1 is 1.38 bits per heavy atom. The first-order valence-electron chi connectivity index (χ1n) is 10.5. The zero-order valence-electron chi connectivity index (χ0n) is 19.8. The van der Waals surface area contributed by atoms with Crippen LogP contribution in [0.5, 0.6) is 0 Å². The summed E-state index contributed by atoms with van der Waals surface area (Å²) >= 11 is 0. The topological polar surface area (TPSA) is 164 Å². The first-order valence-corrected chi connectivity index (χ1v) is 10.5. The van der Waals surface area contributed by atoms with Gasteiger partial charge in [-0.2, -0.15) is 18.4 Å². The number of halogens is 3. The minimum absolute atomic E-state index is 0.0186. The minimum Gasteiger partial charge on any atom is -0.466 e. The van der Waals surface area contributed by atoms with Gasteiger partial charge in [0.05, 0.1) is 42.5 Å². The molecule has 0 aromatic heterocycles. The summed E-state index contributed by atoms with van der Waals surface area (Å²) in [5.74, 6) is -1.80. The molecule has 1 aliphatic rings. The van der Waals surface area contributed by atoms with Gasteiger partial charge in [-0.1, -0.05) is 24.8 Å². The van der Waals surface area contributed by atoms with Crippen LogP contribution in [0.25, 0.3) is 0 Å². The highest BCUT2D eigenvalue weighted by Gasteiger charge is 2.45. The van der Waals surface area contributed by atoms with Gasteiger partial charge in [-0.05, 0) is 36.8 Å². The molecule has 196 valence electrons. The van der Waals surface area contributed by atoms with Crippen molar-refractivity contribution in [2.75, 3.05) is 18.6 Å². The van der Waals surface area contributed by atoms with Gasteiger partial charge in [0.25, 0.3) is 0 Å². The van der Waals surface area contributed by atoms with Crippen molar-refractivity contribution in [3.8, 4) is 6.07 Å². The lowest BCUT2D eigenvalue weighted by atomic mass is 9.89. The molecule has 1 aliphatic heterocycles. The number of anilines is 1. The van der Waals surface area contributed by atoms with Gasteiger partial charge in [-0.15, -0.1) is 0 Å². The van der Waals surface area contributed by atoms with Crippen LogP contribution in [0.4, 0.5) is 23.7 Å². The molecular formula is C24H24F3N5O5. The maximum absolute atomic E-state index is 13.4. The van der Waals surface area contributed by atoms with E-state index in [0.717, 1.165) is 36.3 Å². The fourth-order valence-corrected chi connectivity index (χ4v) is 3.72. The molecule has 0 aliphatic carbocycles. The summed E-state index contributed by atoms with van der Waals surface area (Å²) in [6.45, 7) is 3.87. The number of nitriles is 1. The van der Waals surface area contributed by atoms with Crippen molar-refractivity contribution in [1.82, 2.24) is 4.90 Å². The number of aliphatic hydroxyl groups excluding tert-OH is 2. The van der Waals surface area contributed by atoms with Crippen molar-refractivity contribution >= 4 is 23.6 Å². The van der Waals surface area contributed by atoms with Gasteiger partial charge in [-0.3, -0.25) is 15.2 Å². The smallest absolute Gasteiger partial charge is 0.416 e. The van der Waals surface area contributed by atoms with Gasteiger partial charge in [0.2, 0.25) is 5.96 Å². The van der Waals surface area contributed by atoms with Crippen LogP contribution < -0.4 is 10.6 Å². The van der Waals surface area contributed by atoms with E-state index in [0.29, 0.717) is 4.90 Å². The van der Waals surface area contributed by atoms with Crippen LogP contribution in [-0.4, -0.2) is 58.9 Å². The van der Waals surface area contributed by atoms with Crippen LogP contribution in [0.15, 0.2) is 71.5 Å². The Morgan fingerprint density at radius 2 is 2.03 bits per heavy atom. The van der Waals surface area contributed by atoms with Gasteiger partial charge in [-0.25, -0.2) is 9.59 Å². The maximum atomic E-state index is 13.4. The van der Waals surface area contributed by atoms with Crippen molar-refractivity contribution in [1.29, 1.82) is 10.7 Å². The van der Waals surface area contributed by atoms with Crippen molar-refractivity contribution < 1.29 is 37.7 Å². The number of carbonyl (C=O) groups is 2. The quantitative estimate of drug-likeness (QED) is 0.244. The SMILES string of the molecule is C=C/C(C#N)=C\C=C(/C(O)CO)[C@@H]1C(C(=O)OC)=C(C)N(c2cccc(C(F)(F)F)c2)C(=N)N1C(N)=O. The average molecular weight is 519 g/mol. The lowest BCUT2D eigenvalue weighted by molar-refractivity contribution is -0.138. The van der Waals surface area contributed by atoms with Crippen LogP contribution in [0.2, 0.25) is 0 Å². The van der Waals surface area contributed by atoms with E-state index in [9.17, 15) is 33.0 Å². The Bertz CT molecular complexity index is 1250. The van der Waals surface area contributed by atoms with Gasteiger partial charge >= 0.3 is 18.2 Å². The number of aliphatic hydroxyl groups is 2. The fourth-order valence-electron chi connectivity index (χ4n) is 3.72. The number of nitrogens with zero attached hydrogens (tertiary/aromatic N) is 3. The predicted octanol–water partition coefficient (Wildman–Crippen LogP) is 2.57. The minimum atomic E-state index is -4.72. The highest BCUT2D eigenvalue weighted by molar-refractivity contribution is 6.10. The standard InChI is InChI=1S/C24H24F3N5O5/c1-4-14(11-28)8-9-17(18(34)12-33)20-19(21(35)37-3)13(2)31(22(29)32(20)23(30)36)16-7-5-6-15(10-16)24(25,26)27/h4-10,18,20,29,33-34H,1,12H2,2-3H3,(H2,30,36)/b14-8+,17-9+,29-22?/t18?,20-/m1/s1. The molecule has 0 spiro atoms. The molecule has 1 unspecified atom stereocenters. The lowest BCUT2D eigenvalue weighted by Gasteiger charge is -2.44. The van der Waals surface area contributed by atoms with E-state index >= 15 is 0 Å². The Hall–Kier alpha value is -4.41. The number of ether oxygens (including phenoxy) is 1. The Balaban J connectivity index is 2.95. The zero-order chi connectivity index (χ0) is 28.1. The molecule has 0 saturated heterocycles. The fraction of sp³-hybridized carbons (Fsp3) is 0.250. The van der Waals surface area contributed by atoms with Crippen LogP contribution in [-0.2, 0) is 15.7 Å². The molecule has 5 N–H and O–H groups in total. The number of hydrogen-bond acceptors (Lipinski definition) is 7. The number of alkyl halides is 3. The van der Waals surface area contributed by atoms with Gasteiger partial charge < -0.3 is 20.7 Å². The lowest BCUT2D eigenvalue weighted by Crippen LogP contribution is -2.60. The van der Waals surface area contributed by atoms with Crippen molar-refractivity contribution in [2.45, 2.75) is 25.2 Å². The summed E-state index contributed by atoms with van der Waals surface area (Å²) in [7, 11) is 1.01. The maximum Gasteiger partial charge on any atom is 0.416 e. The normalized spacial score (nSPS) is 17.9. The summed E-state index contributed by atoms with van der Waals surface area (Å²) in [5, 5.41) is 38.0. The number of hydrogen-bond donors (Lipinski definition) is 4. The molecule has 1 aromatic carbocycles. The highest BCUT2D eigenvalue weighted by atomic mass is 19.4. The van der Waals surface area contributed by atoms with Crippen molar-refractivity contribution in [3.63, 3.8) is 0 Å². The second-order valence-corrected chi connectivity index (χ2v) is 7.61. The summed E-state index contributed by atoms with van der Waals surface area (Å²) < 4.78 is 44.9. The number of methoxy groups -OCH3 is 1. The van der Waals surface area contributed by atoms with E-state index in [2.05, 4.69) is 6.58 Å². The third kappa shape index (κ3) is 5.88. The number of amides is 2. The van der Waals surface area contributed by atoms with Crippen LogP contribution in [0.1, 0.15) is 12.5 Å². The van der Waals surface area contributed by atoms with Crippen LogP contribution in [0.3, 0.4) is 0 Å². The largest absolute Gasteiger partial charge is 0.466 e. The monoisotopic (exact) mass is 519 g/mol. The molecule has 2 atom stereocenters. The molecule has 0 fully saturated rings. The van der Waals surface area contributed by atoms with E-state index in [1.54, 1.807) is 0 Å². The van der Waals surface area contributed by atoms with E-state index in [1.807, 2.05) is 6.07 Å². The average Bonchev–Trinajstić information content (AvgIpc) is 2.85. The molecule has 2 amide bonds. The number of primary amides is 1. The number of urea groups is 1. The third-order valence-corrected chi connectivity index (χ3v) is 5.45. The van der Waals surface area contributed by atoms with Gasteiger partial charge in [0.15, 0.2) is 0 Å². The second-order valence-electron chi connectivity index (χ2n) is 7.61. The Morgan fingerprint density at radius 3 is 2.51 bits per heavy atom. The molecule has 37 heavy (non-hydrogen) atoms. The van der Waals surface area contributed by atoms with Crippen LogP contribution in [0, 0.1) is 16.7 Å². The van der Waals surface area contributed by atoms with Crippen molar-refractivity contribution in [3.05, 3.63) is 77.1 Å². The predicted molar refractivity (Wildman–Crippen MR) is 127 cm³/mol. The number of benzene rings is 1. The number of nitrogens with two attached hydrogens (primary N) is 1. The first kappa shape index (κ1) is 28.8. The molecule has 1 heterocycles. The number of esters is 1. The molecule has 0 radical (unpaired) electrons. The summed E-state index contributed by atoms with van der Waals surface area (Å²) in [4.78, 5) is 27.0. The second kappa shape index (κ2) is 11.5. The molecular weight excluding hydrogens is 495 g/mol. The number of nitrogens with one attached hydrogen (secondary N) is 1. The summed E-state index contributed by atoms with van der Waals surface area (Å²) in [6, 6.07) is 2.73. The number of guanidine groups is 1. The summed E-state index contributed by atoms with van der Waals surface area (Å²) in [6.07, 6.45) is -2.92. The molecule has 0 bridgehead atoms. The van der Waals surface area contributed by atoms with Gasteiger partial charge in [0.1, 0.15) is 6.10 Å². The first-order chi connectivity index (χ1) is 17.3. The molecule has 13 heteroatoms.